The Bertz CT molecular complexity index is 1270. The third-order valence-corrected chi connectivity index (χ3v) is 5.87. The van der Waals surface area contributed by atoms with Gasteiger partial charge in [-0.25, -0.2) is 9.67 Å². The number of carbonyl (C=O) groups excluding carboxylic acids is 2. The van der Waals surface area contributed by atoms with Crippen molar-refractivity contribution in [1.82, 2.24) is 20.1 Å². The molecule has 0 saturated carbocycles. The summed E-state index contributed by atoms with van der Waals surface area (Å²) >= 11 is 7.54. The monoisotopic (exact) mass is 465 g/mol. The molecule has 0 fully saturated rings. The number of nitrogens with zero attached hydrogens (tertiary/aromatic N) is 3. The predicted octanol–water partition coefficient (Wildman–Crippen LogP) is 5.10. The van der Waals surface area contributed by atoms with Crippen LogP contribution in [0.2, 0.25) is 5.02 Å². The number of thiazole rings is 1. The number of rotatable bonds is 6. The van der Waals surface area contributed by atoms with E-state index < -0.39 is 0 Å². The first-order valence-corrected chi connectivity index (χ1v) is 11.1. The van der Waals surface area contributed by atoms with Crippen molar-refractivity contribution in [2.24, 2.45) is 0 Å². The van der Waals surface area contributed by atoms with Crippen molar-refractivity contribution in [3.63, 3.8) is 0 Å². The molecule has 0 aliphatic rings. The molecule has 0 aliphatic heterocycles. The van der Waals surface area contributed by atoms with Gasteiger partial charge in [0.2, 0.25) is 5.91 Å². The van der Waals surface area contributed by atoms with Gasteiger partial charge in [-0.2, -0.15) is 5.10 Å². The first-order valence-electron chi connectivity index (χ1n) is 9.84. The molecule has 2 amide bonds. The summed E-state index contributed by atoms with van der Waals surface area (Å²) in [5.41, 5.74) is 3.78. The maximum Gasteiger partial charge on any atom is 0.260 e. The van der Waals surface area contributed by atoms with Crippen LogP contribution in [0.3, 0.4) is 0 Å². The van der Waals surface area contributed by atoms with Crippen LogP contribution in [0.15, 0.2) is 66.3 Å². The van der Waals surface area contributed by atoms with Crippen molar-refractivity contribution >= 4 is 39.9 Å². The topological polar surface area (TPSA) is 88.9 Å². The number of anilines is 1. The van der Waals surface area contributed by atoms with E-state index in [4.69, 9.17) is 11.6 Å². The van der Waals surface area contributed by atoms with E-state index in [0.717, 1.165) is 16.8 Å². The maximum atomic E-state index is 12.6. The van der Waals surface area contributed by atoms with Gasteiger partial charge in [0.25, 0.3) is 5.91 Å². The number of hydrogen-bond acceptors (Lipinski definition) is 5. The van der Waals surface area contributed by atoms with Crippen molar-refractivity contribution in [2.75, 3.05) is 5.32 Å². The van der Waals surface area contributed by atoms with Crippen LogP contribution in [-0.2, 0) is 4.79 Å². The predicted molar refractivity (Wildman–Crippen MR) is 126 cm³/mol. The lowest BCUT2D eigenvalue weighted by Gasteiger charge is -2.12. The molecule has 7 nitrogen and oxygen atoms in total. The van der Waals surface area contributed by atoms with Crippen LogP contribution in [0.4, 0.5) is 5.13 Å². The van der Waals surface area contributed by atoms with Gasteiger partial charge in [-0.3, -0.25) is 14.9 Å². The van der Waals surface area contributed by atoms with Crippen molar-refractivity contribution in [2.45, 2.75) is 19.9 Å². The molecule has 0 aliphatic carbocycles. The minimum Gasteiger partial charge on any atom is -0.350 e. The van der Waals surface area contributed by atoms with Gasteiger partial charge in [-0.05, 0) is 24.6 Å². The molecule has 2 aromatic carbocycles. The van der Waals surface area contributed by atoms with Crippen LogP contribution < -0.4 is 10.6 Å². The molecule has 4 rings (SSSR count). The Kier molecular flexibility index (Phi) is 6.34. The number of hydrogen-bond donors (Lipinski definition) is 2. The fourth-order valence-corrected chi connectivity index (χ4v) is 4.11. The van der Waals surface area contributed by atoms with Crippen molar-refractivity contribution in [3.8, 4) is 16.9 Å². The van der Waals surface area contributed by atoms with E-state index in [-0.39, 0.29) is 17.9 Å². The van der Waals surface area contributed by atoms with Gasteiger partial charge in [0.05, 0.1) is 34.2 Å². The fourth-order valence-electron chi connectivity index (χ4n) is 3.17. The van der Waals surface area contributed by atoms with Crippen molar-refractivity contribution in [3.05, 3.63) is 82.5 Å². The first-order chi connectivity index (χ1) is 15.4. The average molecular weight is 466 g/mol. The van der Waals surface area contributed by atoms with Crippen LogP contribution in [-0.4, -0.2) is 26.6 Å². The quantitative estimate of drug-likeness (QED) is 0.414. The summed E-state index contributed by atoms with van der Waals surface area (Å²) in [5, 5.41) is 12.8. The second kappa shape index (κ2) is 9.33. The molecule has 2 heterocycles. The first kappa shape index (κ1) is 21.7. The van der Waals surface area contributed by atoms with Gasteiger partial charge in [0.15, 0.2) is 5.13 Å². The molecule has 0 saturated heterocycles. The van der Waals surface area contributed by atoms with Gasteiger partial charge in [-0.15, -0.1) is 11.3 Å². The van der Waals surface area contributed by atoms with Gasteiger partial charge in [-0.1, -0.05) is 48.0 Å². The second-order valence-electron chi connectivity index (χ2n) is 7.16. The van der Waals surface area contributed by atoms with E-state index in [2.05, 4.69) is 20.7 Å². The molecule has 0 radical (unpaired) electrons. The number of aromatic nitrogens is 3. The highest BCUT2D eigenvalue weighted by molar-refractivity contribution is 7.14. The lowest BCUT2D eigenvalue weighted by molar-refractivity contribution is -0.119. The number of benzene rings is 2. The third kappa shape index (κ3) is 4.87. The number of amides is 2. The van der Waals surface area contributed by atoms with Crippen LogP contribution in [0.1, 0.15) is 35.8 Å². The minimum atomic E-state index is -0.302. The highest BCUT2D eigenvalue weighted by atomic mass is 35.5. The van der Waals surface area contributed by atoms with Crippen molar-refractivity contribution < 1.29 is 9.59 Å². The Hall–Kier alpha value is -3.49. The number of para-hydroxylation sites is 1. The van der Waals surface area contributed by atoms with Crippen LogP contribution >= 0.6 is 22.9 Å². The Labute approximate surface area is 194 Å². The second-order valence-corrected chi connectivity index (χ2v) is 8.43. The molecule has 9 heteroatoms. The lowest BCUT2D eigenvalue weighted by Crippen LogP contribution is -2.23. The number of nitrogens with one attached hydrogen (secondary N) is 2. The molecule has 2 N–H and O–H groups in total. The van der Waals surface area contributed by atoms with Gasteiger partial charge in [0, 0.05) is 24.1 Å². The van der Waals surface area contributed by atoms with Gasteiger partial charge < -0.3 is 5.32 Å². The smallest absolute Gasteiger partial charge is 0.260 e. The summed E-state index contributed by atoms with van der Waals surface area (Å²) in [7, 11) is 0. The van der Waals surface area contributed by atoms with Gasteiger partial charge >= 0.3 is 0 Å². The molecular formula is C23H20ClN5O2S. The average Bonchev–Trinajstić information content (AvgIpc) is 3.44. The molecule has 162 valence electrons. The zero-order valence-electron chi connectivity index (χ0n) is 17.4. The minimum absolute atomic E-state index is 0.0705. The number of halogens is 1. The zero-order chi connectivity index (χ0) is 22.7. The molecule has 1 unspecified atom stereocenters. The summed E-state index contributed by atoms with van der Waals surface area (Å²) in [6, 6.07) is 15.0. The molecule has 4 aromatic rings. The largest absolute Gasteiger partial charge is 0.350 e. The van der Waals surface area contributed by atoms with Crippen LogP contribution in [0, 0.1) is 0 Å². The molecule has 32 heavy (non-hydrogen) atoms. The Balaban J connectivity index is 1.44. The molecule has 0 spiro atoms. The van der Waals surface area contributed by atoms with Crippen LogP contribution in [0.25, 0.3) is 16.9 Å². The normalized spacial score (nSPS) is 11.7. The van der Waals surface area contributed by atoms with Crippen molar-refractivity contribution in [1.29, 1.82) is 0 Å². The number of carbonyl (C=O) groups is 2. The summed E-state index contributed by atoms with van der Waals surface area (Å²) < 4.78 is 1.56. The Morgan fingerprint density at radius 3 is 2.59 bits per heavy atom. The van der Waals surface area contributed by atoms with E-state index in [0.29, 0.717) is 21.4 Å². The summed E-state index contributed by atoms with van der Waals surface area (Å²) in [5.74, 6) is -0.373. The molecular weight excluding hydrogens is 446 g/mol. The van der Waals surface area contributed by atoms with E-state index in [1.165, 1.54) is 24.5 Å². The summed E-state index contributed by atoms with van der Waals surface area (Å²) in [6.07, 6.45) is 3.11. The Morgan fingerprint density at radius 2 is 1.88 bits per heavy atom. The summed E-state index contributed by atoms with van der Waals surface area (Å²) in [6.45, 7) is 3.43. The standard InChI is InChI=1S/C23H20ClN5O2S/c1-14(26-15(2)30)16-7-9-17(10-8-16)20-13-32-23(27-20)28-22(31)18-11-25-29(12-18)21-6-4-3-5-19(21)24/h3-14H,1-2H3,(H,26,30)(H,27,28,31). The van der Waals surface area contributed by atoms with E-state index in [9.17, 15) is 9.59 Å². The van der Waals surface area contributed by atoms with Gasteiger partial charge in [0.1, 0.15) is 0 Å². The fraction of sp³-hybridized carbons (Fsp3) is 0.130. The van der Waals surface area contributed by atoms with Crippen LogP contribution in [0.5, 0.6) is 0 Å². The highest BCUT2D eigenvalue weighted by Gasteiger charge is 2.14. The third-order valence-electron chi connectivity index (χ3n) is 4.79. The molecule has 0 bridgehead atoms. The summed E-state index contributed by atoms with van der Waals surface area (Å²) in [4.78, 5) is 28.4. The maximum absolute atomic E-state index is 12.6. The SMILES string of the molecule is CC(=O)NC(C)c1ccc(-c2csc(NC(=O)c3cnn(-c4ccccc4Cl)c3)n2)cc1. The van der Waals surface area contributed by atoms with E-state index in [1.54, 1.807) is 16.9 Å². The molecule has 1 atom stereocenters. The molecule has 2 aromatic heterocycles. The Morgan fingerprint density at radius 1 is 1.12 bits per heavy atom. The highest BCUT2D eigenvalue weighted by Crippen LogP contribution is 2.27. The zero-order valence-corrected chi connectivity index (χ0v) is 18.9. The van der Waals surface area contributed by atoms with E-state index >= 15 is 0 Å². The van der Waals surface area contributed by atoms with E-state index in [1.807, 2.05) is 54.8 Å². The lowest BCUT2D eigenvalue weighted by atomic mass is 10.1.